The highest BCUT2D eigenvalue weighted by Crippen LogP contribution is 2.31. The molecule has 0 fully saturated rings. The van der Waals surface area contributed by atoms with Gasteiger partial charge in [0, 0.05) is 16.6 Å². The van der Waals surface area contributed by atoms with Gasteiger partial charge in [0.1, 0.15) is 5.69 Å². The van der Waals surface area contributed by atoms with Crippen LogP contribution in [0.15, 0.2) is 46.0 Å². The lowest BCUT2D eigenvalue weighted by atomic mass is 10.1. The van der Waals surface area contributed by atoms with Crippen molar-refractivity contribution in [1.82, 2.24) is 5.16 Å². The van der Waals surface area contributed by atoms with E-state index in [4.69, 9.17) is 14.8 Å². The van der Waals surface area contributed by atoms with Crippen molar-refractivity contribution in [1.29, 1.82) is 0 Å². The number of nitrogens with zero attached hydrogens (tertiary/aromatic N) is 4. The Hall–Kier alpha value is -3.05. The number of aromatic nitrogens is 1. The molecule has 0 radical (unpaired) electrons. The van der Waals surface area contributed by atoms with Crippen molar-refractivity contribution in [2.24, 2.45) is 5.11 Å². The Morgan fingerprint density at radius 1 is 1.48 bits per heavy atom. The van der Waals surface area contributed by atoms with Crippen LogP contribution in [0.5, 0.6) is 0 Å². The van der Waals surface area contributed by atoms with Crippen LogP contribution in [0.3, 0.4) is 0 Å². The normalized spacial score (nSPS) is 10.3. The summed E-state index contributed by atoms with van der Waals surface area (Å²) in [6.45, 7) is 1.99. The fourth-order valence-electron chi connectivity index (χ4n) is 1.70. The Kier molecular flexibility index (Phi) is 4.74. The van der Waals surface area contributed by atoms with Gasteiger partial charge in [-0.2, -0.15) is 0 Å². The zero-order valence-electron chi connectivity index (χ0n) is 11.3. The fourth-order valence-corrected chi connectivity index (χ4v) is 1.70. The van der Waals surface area contributed by atoms with E-state index in [2.05, 4.69) is 15.2 Å². The highest BCUT2D eigenvalue weighted by atomic mass is 16.5. The number of hydrogen-bond acceptors (Lipinski definition) is 5. The molecule has 1 aromatic carbocycles. The lowest BCUT2D eigenvalue weighted by molar-refractivity contribution is -0.137. The number of carbonyl (C=O) groups is 1. The summed E-state index contributed by atoms with van der Waals surface area (Å²) in [6, 6.07) is 9.22. The molecule has 7 nitrogen and oxygen atoms in total. The summed E-state index contributed by atoms with van der Waals surface area (Å²) in [5.74, 6) is -0.499. The minimum absolute atomic E-state index is 0.00287. The molecule has 1 aromatic heterocycles. The van der Waals surface area contributed by atoms with Gasteiger partial charge in [-0.1, -0.05) is 35.5 Å². The van der Waals surface area contributed by atoms with Crippen molar-refractivity contribution in [3.8, 4) is 11.3 Å². The number of hydrogen-bond donors (Lipinski definition) is 0. The van der Waals surface area contributed by atoms with E-state index in [1.54, 1.807) is 6.92 Å². The Labute approximate surface area is 120 Å². The van der Waals surface area contributed by atoms with Crippen LogP contribution in [0.4, 0.5) is 5.88 Å². The van der Waals surface area contributed by atoms with Crippen LogP contribution in [-0.2, 0) is 9.53 Å². The first kappa shape index (κ1) is 14.4. The second kappa shape index (κ2) is 6.93. The van der Waals surface area contributed by atoms with Crippen molar-refractivity contribution < 1.29 is 14.1 Å². The largest absolute Gasteiger partial charge is 0.463 e. The van der Waals surface area contributed by atoms with Crippen LogP contribution >= 0.6 is 0 Å². The summed E-state index contributed by atoms with van der Waals surface area (Å²) in [6.07, 6.45) is 2.69. The van der Waals surface area contributed by atoms with Gasteiger partial charge >= 0.3 is 5.97 Å². The summed E-state index contributed by atoms with van der Waals surface area (Å²) < 4.78 is 9.81. The molecule has 21 heavy (non-hydrogen) atoms. The smallest absolute Gasteiger partial charge is 0.330 e. The Bertz CT molecular complexity index is 700. The summed E-state index contributed by atoms with van der Waals surface area (Å²) >= 11 is 0. The molecule has 0 spiro atoms. The van der Waals surface area contributed by atoms with Crippen LogP contribution in [-0.4, -0.2) is 17.7 Å². The molecule has 0 bridgehead atoms. The predicted octanol–water partition coefficient (Wildman–Crippen LogP) is 3.86. The molecule has 106 valence electrons. The third kappa shape index (κ3) is 3.49. The number of ether oxygens (including phenoxy) is 1. The van der Waals surface area contributed by atoms with Crippen molar-refractivity contribution in [2.75, 3.05) is 6.61 Å². The molecule has 2 aromatic rings. The lowest BCUT2D eigenvalue weighted by Crippen LogP contribution is -1.98. The van der Waals surface area contributed by atoms with E-state index in [9.17, 15) is 4.79 Å². The Balaban J connectivity index is 2.43. The van der Waals surface area contributed by atoms with Gasteiger partial charge in [-0.3, -0.25) is 0 Å². The average Bonchev–Trinajstić information content (AvgIpc) is 2.90. The molecule has 0 unspecified atom stereocenters. The van der Waals surface area contributed by atoms with Crippen LogP contribution in [0, 0.1) is 0 Å². The fraction of sp³-hybridized carbons (Fsp3) is 0.143. The zero-order chi connectivity index (χ0) is 15.1. The molecule has 2 rings (SSSR count). The molecule has 0 atom stereocenters. The molecule has 0 saturated heterocycles. The van der Waals surface area contributed by atoms with Gasteiger partial charge in [-0.15, -0.1) is 0 Å². The first-order chi connectivity index (χ1) is 10.3. The number of rotatable bonds is 5. The van der Waals surface area contributed by atoms with Gasteiger partial charge in [-0.05, 0) is 23.6 Å². The Morgan fingerprint density at radius 2 is 2.24 bits per heavy atom. The molecule has 0 saturated carbocycles. The average molecular weight is 284 g/mol. The second-order valence-electron chi connectivity index (χ2n) is 3.89. The van der Waals surface area contributed by atoms with Gasteiger partial charge < -0.3 is 9.26 Å². The molecule has 0 amide bonds. The maximum Gasteiger partial charge on any atom is 0.330 e. The highest BCUT2D eigenvalue weighted by Gasteiger charge is 2.14. The highest BCUT2D eigenvalue weighted by molar-refractivity contribution is 5.90. The standard InChI is InChI=1S/C14H12N4O3/c1-2-20-12(19)9-8-11-13(10-6-4-3-5-7-10)17-21-14(11)16-18-15/h3-9H,2H2,1H3/b9-8+. The van der Waals surface area contributed by atoms with E-state index < -0.39 is 5.97 Å². The van der Waals surface area contributed by atoms with Crippen LogP contribution < -0.4 is 0 Å². The van der Waals surface area contributed by atoms with E-state index >= 15 is 0 Å². The summed E-state index contributed by atoms with van der Waals surface area (Å²) in [4.78, 5) is 14.1. The third-order valence-electron chi connectivity index (χ3n) is 2.56. The number of esters is 1. The SMILES string of the molecule is CCOC(=O)/C=C/c1c(-c2ccccc2)noc1N=[N+]=[N-]. The maximum atomic E-state index is 11.4. The minimum Gasteiger partial charge on any atom is -0.463 e. The predicted molar refractivity (Wildman–Crippen MR) is 76.4 cm³/mol. The van der Waals surface area contributed by atoms with Crippen molar-refractivity contribution >= 4 is 17.9 Å². The van der Waals surface area contributed by atoms with Crippen LogP contribution in [0.25, 0.3) is 27.8 Å². The third-order valence-corrected chi connectivity index (χ3v) is 2.56. The van der Waals surface area contributed by atoms with Crippen molar-refractivity contribution in [2.45, 2.75) is 6.92 Å². The van der Waals surface area contributed by atoms with E-state index in [1.165, 1.54) is 12.2 Å². The summed E-state index contributed by atoms with van der Waals surface area (Å²) in [7, 11) is 0. The Morgan fingerprint density at radius 3 is 2.90 bits per heavy atom. The van der Waals surface area contributed by atoms with Gasteiger partial charge in [0.15, 0.2) is 0 Å². The minimum atomic E-state index is -0.496. The second-order valence-corrected chi connectivity index (χ2v) is 3.89. The van der Waals surface area contributed by atoms with Gasteiger partial charge in [0.05, 0.1) is 12.2 Å². The maximum absolute atomic E-state index is 11.4. The zero-order valence-corrected chi connectivity index (χ0v) is 11.3. The van der Waals surface area contributed by atoms with Crippen LogP contribution in [0.2, 0.25) is 0 Å². The molecular weight excluding hydrogens is 272 g/mol. The summed E-state index contributed by atoms with van der Waals surface area (Å²) in [5, 5.41) is 7.31. The van der Waals surface area contributed by atoms with E-state index in [1.807, 2.05) is 30.3 Å². The topological polar surface area (TPSA) is 101 Å². The monoisotopic (exact) mass is 284 g/mol. The molecule has 0 aliphatic heterocycles. The summed E-state index contributed by atoms with van der Waals surface area (Å²) in [5.41, 5.74) is 10.2. The number of benzene rings is 1. The number of azide groups is 1. The van der Waals surface area contributed by atoms with Gasteiger partial charge in [-0.25, -0.2) is 4.79 Å². The molecule has 0 N–H and O–H groups in total. The van der Waals surface area contributed by atoms with Crippen molar-refractivity contribution in [3.63, 3.8) is 0 Å². The quantitative estimate of drug-likeness (QED) is 0.273. The molecular formula is C14H12N4O3. The molecule has 7 heteroatoms. The van der Waals surface area contributed by atoms with Gasteiger partial charge in [0.2, 0.25) is 5.88 Å². The first-order valence-electron chi connectivity index (χ1n) is 6.21. The van der Waals surface area contributed by atoms with Crippen LogP contribution in [0.1, 0.15) is 12.5 Å². The first-order valence-corrected chi connectivity index (χ1v) is 6.21. The number of carbonyl (C=O) groups excluding carboxylic acids is 1. The van der Waals surface area contributed by atoms with E-state index in [-0.39, 0.29) is 12.5 Å². The molecule has 1 heterocycles. The van der Waals surface area contributed by atoms with E-state index in [0.717, 1.165) is 5.56 Å². The van der Waals surface area contributed by atoms with Gasteiger partial charge in [0.25, 0.3) is 0 Å². The van der Waals surface area contributed by atoms with Crippen molar-refractivity contribution in [3.05, 3.63) is 52.4 Å². The lowest BCUT2D eigenvalue weighted by Gasteiger charge is -1.98. The molecule has 0 aliphatic rings. The van der Waals surface area contributed by atoms with E-state index in [0.29, 0.717) is 11.3 Å². The molecule has 0 aliphatic carbocycles.